The lowest BCUT2D eigenvalue weighted by Gasteiger charge is -2.39. The van der Waals surface area contributed by atoms with Crippen molar-refractivity contribution in [3.8, 4) is 0 Å². The zero-order chi connectivity index (χ0) is 14.0. The molecule has 1 heterocycles. The number of rotatable bonds is 3. The predicted octanol–water partition coefficient (Wildman–Crippen LogP) is 2.52. The van der Waals surface area contributed by atoms with Crippen molar-refractivity contribution in [3.05, 3.63) is 18.1 Å². The molecule has 5 heteroatoms. The predicted molar refractivity (Wildman–Crippen MR) is 82.4 cm³/mol. The number of hydrogen-bond acceptors (Lipinski definition) is 4. The second kappa shape index (κ2) is 5.41. The highest BCUT2D eigenvalue weighted by molar-refractivity contribution is 7.80. The van der Waals surface area contributed by atoms with E-state index in [4.69, 9.17) is 18.0 Å². The third-order valence-electron chi connectivity index (χ3n) is 4.11. The van der Waals surface area contributed by atoms with Gasteiger partial charge in [0, 0.05) is 13.1 Å². The van der Waals surface area contributed by atoms with E-state index in [-0.39, 0.29) is 0 Å². The summed E-state index contributed by atoms with van der Waals surface area (Å²) in [4.78, 5) is 11.2. The van der Waals surface area contributed by atoms with Crippen molar-refractivity contribution in [2.75, 3.05) is 11.9 Å². The van der Waals surface area contributed by atoms with Crippen LogP contribution in [-0.4, -0.2) is 28.0 Å². The van der Waals surface area contributed by atoms with E-state index in [1.165, 1.54) is 25.7 Å². The minimum atomic E-state index is 0.293. The molecule has 0 spiro atoms. The van der Waals surface area contributed by atoms with Crippen LogP contribution in [0.3, 0.4) is 0 Å². The number of anilines is 1. The van der Waals surface area contributed by atoms with Gasteiger partial charge in [-0.2, -0.15) is 0 Å². The fourth-order valence-electron chi connectivity index (χ4n) is 2.59. The van der Waals surface area contributed by atoms with E-state index >= 15 is 0 Å². The van der Waals surface area contributed by atoms with Crippen LogP contribution in [0.25, 0.3) is 0 Å². The SMILES string of the molecule is CN(c1cnc(C(N)=S)cn1)C1CCC(C)(C)CC1. The number of thiocarbonyl (C=S) groups is 1. The molecule has 0 unspecified atom stereocenters. The van der Waals surface area contributed by atoms with E-state index < -0.39 is 0 Å². The van der Waals surface area contributed by atoms with Gasteiger partial charge in [0.2, 0.25) is 0 Å². The van der Waals surface area contributed by atoms with E-state index in [1.807, 2.05) is 0 Å². The van der Waals surface area contributed by atoms with Gasteiger partial charge >= 0.3 is 0 Å². The number of aromatic nitrogens is 2. The molecule has 0 saturated heterocycles. The third-order valence-corrected chi connectivity index (χ3v) is 4.32. The molecule has 0 amide bonds. The smallest absolute Gasteiger partial charge is 0.147 e. The summed E-state index contributed by atoms with van der Waals surface area (Å²) < 4.78 is 0. The van der Waals surface area contributed by atoms with Gasteiger partial charge in [0.05, 0.1) is 12.4 Å². The Hall–Kier alpha value is -1.23. The summed E-state index contributed by atoms with van der Waals surface area (Å²) in [6.45, 7) is 4.69. The van der Waals surface area contributed by atoms with E-state index in [0.717, 1.165) is 5.82 Å². The van der Waals surface area contributed by atoms with Gasteiger partial charge in [-0.3, -0.25) is 0 Å². The zero-order valence-corrected chi connectivity index (χ0v) is 12.7. The lowest BCUT2D eigenvalue weighted by molar-refractivity contribution is 0.222. The molecule has 2 rings (SSSR count). The second-order valence-electron chi connectivity index (χ2n) is 6.13. The van der Waals surface area contributed by atoms with Crippen LogP contribution < -0.4 is 10.6 Å². The van der Waals surface area contributed by atoms with Gasteiger partial charge in [0.25, 0.3) is 0 Å². The summed E-state index contributed by atoms with van der Waals surface area (Å²) >= 11 is 4.88. The molecule has 1 fully saturated rings. The zero-order valence-electron chi connectivity index (χ0n) is 11.9. The van der Waals surface area contributed by atoms with Crippen molar-refractivity contribution < 1.29 is 0 Å². The summed E-state index contributed by atoms with van der Waals surface area (Å²) in [5.41, 5.74) is 6.59. The Labute approximate surface area is 120 Å². The Bertz CT molecular complexity index is 445. The fraction of sp³-hybridized carbons (Fsp3) is 0.643. The molecule has 1 saturated carbocycles. The van der Waals surface area contributed by atoms with E-state index in [0.29, 0.717) is 22.1 Å². The molecule has 1 aliphatic rings. The lowest BCUT2D eigenvalue weighted by atomic mass is 9.75. The van der Waals surface area contributed by atoms with Crippen LogP contribution in [0.15, 0.2) is 12.4 Å². The van der Waals surface area contributed by atoms with Gasteiger partial charge in [-0.05, 0) is 31.1 Å². The fourth-order valence-corrected chi connectivity index (χ4v) is 2.69. The first-order valence-electron chi connectivity index (χ1n) is 6.74. The maximum absolute atomic E-state index is 5.53. The van der Waals surface area contributed by atoms with Gasteiger partial charge in [-0.1, -0.05) is 26.1 Å². The molecule has 2 N–H and O–H groups in total. The summed E-state index contributed by atoms with van der Waals surface area (Å²) in [5, 5.41) is 0. The van der Waals surface area contributed by atoms with Crippen LogP contribution in [0.1, 0.15) is 45.2 Å². The largest absolute Gasteiger partial charge is 0.388 e. The number of nitrogens with zero attached hydrogens (tertiary/aromatic N) is 3. The van der Waals surface area contributed by atoms with Gasteiger partial charge in [-0.15, -0.1) is 0 Å². The number of hydrogen-bond donors (Lipinski definition) is 1. The normalized spacial score (nSPS) is 19.1. The van der Waals surface area contributed by atoms with Crippen LogP contribution in [0.4, 0.5) is 5.82 Å². The molecule has 0 bridgehead atoms. The highest BCUT2D eigenvalue weighted by atomic mass is 32.1. The van der Waals surface area contributed by atoms with Crippen molar-refractivity contribution >= 4 is 23.0 Å². The maximum atomic E-state index is 5.53. The third kappa shape index (κ3) is 3.41. The Balaban J connectivity index is 2.03. The van der Waals surface area contributed by atoms with Crippen LogP contribution in [0.2, 0.25) is 0 Å². The topological polar surface area (TPSA) is 55.0 Å². The van der Waals surface area contributed by atoms with E-state index in [9.17, 15) is 0 Å². The van der Waals surface area contributed by atoms with Crippen molar-refractivity contribution in [1.29, 1.82) is 0 Å². The summed E-state index contributed by atoms with van der Waals surface area (Å²) in [5.74, 6) is 0.893. The van der Waals surface area contributed by atoms with Gasteiger partial charge < -0.3 is 10.6 Å². The first-order chi connectivity index (χ1) is 8.89. The van der Waals surface area contributed by atoms with E-state index in [2.05, 4.69) is 35.8 Å². The molecule has 0 aromatic carbocycles. The molecule has 1 aliphatic carbocycles. The molecule has 4 nitrogen and oxygen atoms in total. The van der Waals surface area contributed by atoms with Crippen LogP contribution >= 0.6 is 12.2 Å². The molecule has 104 valence electrons. The Kier molecular flexibility index (Phi) is 4.04. The Morgan fingerprint density at radius 3 is 2.42 bits per heavy atom. The average molecular weight is 278 g/mol. The van der Waals surface area contributed by atoms with Crippen LogP contribution in [-0.2, 0) is 0 Å². The second-order valence-corrected chi connectivity index (χ2v) is 6.57. The van der Waals surface area contributed by atoms with Gasteiger partial charge in [0.15, 0.2) is 0 Å². The molecule has 19 heavy (non-hydrogen) atoms. The first-order valence-corrected chi connectivity index (χ1v) is 7.14. The Morgan fingerprint density at radius 1 is 1.32 bits per heavy atom. The molecule has 1 aromatic heterocycles. The number of nitrogens with two attached hydrogens (primary N) is 1. The molecule has 1 aromatic rings. The van der Waals surface area contributed by atoms with Crippen LogP contribution in [0, 0.1) is 5.41 Å². The van der Waals surface area contributed by atoms with E-state index in [1.54, 1.807) is 12.4 Å². The standard InChI is InChI=1S/C14H22N4S/c1-14(2)6-4-10(5-7-14)18(3)12-9-16-11(8-17-12)13(15)19/h8-10H,4-7H2,1-3H3,(H2,15,19). The van der Waals surface area contributed by atoms with Crippen LogP contribution in [0.5, 0.6) is 0 Å². The summed E-state index contributed by atoms with van der Waals surface area (Å²) in [7, 11) is 2.09. The molecular formula is C14H22N4S. The average Bonchev–Trinajstić information content (AvgIpc) is 2.38. The quantitative estimate of drug-likeness (QED) is 0.861. The molecular weight excluding hydrogens is 256 g/mol. The highest BCUT2D eigenvalue weighted by Crippen LogP contribution is 2.37. The highest BCUT2D eigenvalue weighted by Gasteiger charge is 2.29. The van der Waals surface area contributed by atoms with Gasteiger partial charge in [-0.25, -0.2) is 9.97 Å². The molecule has 0 radical (unpaired) electrons. The van der Waals surface area contributed by atoms with Crippen molar-refractivity contribution in [3.63, 3.8) is 0 Å². The van der Waals surface area contributed by atoms with Gasteiger partial charge in [0.1, 0.15) is 16.5 Å². The van der Waals surface area contributed by atoms with Crippen molar-refractivity contribution in [1.82, 2.24) is 9.97 Å². The minimum absolute atomic E-state index is 0.293. The van der Waals surface area contributed by atoms with Crippen molar-refractivity contribution in [2.24, 2.45) is 11.1 Å². The first kappa shape index (κ1) is 14.2. The lowest BCUT2D eigenvalue weighted by Crippen LogP contribution is -2.37. The minimum Gasteiger partial charge on any atom is -0.388 e. The monoisotopic (exact) mass is 278 g/mol. The Morgan fingerprint density at radius 2 is 1.95 bits per heavy atom. The maximum Gasteiger partial charge on any atom is 0.147 e. The molecule has 0 atom stereocenters. The summed E-state index contributed by atoms with van der Waals surface area (Å²) in [6, 6.07) is 0.554. The van der Waals surface area contributed by atoms with Crippen molar-refractivity contribution in [2.45, 2.75) is 45.6 Å². The molecule has 0 aliphatic heterocycles. The summed E-state index contributed by atoms with van der Waals surface area (Å²) in [6.07, 6.45) is 8.36.